The minimum absolute atomic E-state index is 0.103. The van der Waals surface area contributed by atoms with Crippen LogP contribution in [0.25, 0.3) is 0 Å². The van der Waals surface area contributed by atoms with Gasteiger partial charge in [-0.05, 0) is 42.3 Å². The lowest BCUT2D eigenvalue weighted by molar-refractivity contribution is -0.115. The summed E-state index contributed by atoms with van der Waals surface area (Å²) in [5.41, 5.74) is 1.95. The molecule has 0 atom stereocenters. The average molecular weight is 336 g/mol. The number of fused-ring (bicyclic) bond motifs is 1. The molecule has 1 amide bonds. The number of carbonyl (C=O) groups excluding carboxylic acids is 1. The second kappa shape index (κ2) is 6.46. The SMILES string of the molecule is Cc1ccc(F)cc1NC(=O)Cc1cc(Cl)c2c(c1)OCCO2. The Morgan fingerprint density at radius 1 is 1.26 bits per heavy atom. The maximum atomic E-state index is 13.3. The molecule has 1 aliphatic heterocycles. The molecule has 2 aromatic carbocycles. The van der Waals surface area contributed by atoms with E-state index >= 15 is 0 Å². The molecule has 0 spiro atoms. The van der Waals surface area contributed by atoms with E-state index in [1.165, 1.54) is 12.1 Å². The van der Waals surface area contributed by atoms with E-state index in [1.807, 2.05) is 0 Å². The van der Waals surface area contributed by atoms with E-state index < -0.39 is 5.82 Å². The molecule has 2 aromatic rings. The molecule has 0 radical (unpaired) electrons. The fourth-order valence-corrected chi connectivity index (χ4v) is 2.66. The summed E-state index contributed by atoms with van der Waals surface area (Å²) in [7, 11) is 0. The van der Waals surface area contributed by atoms with Gasteiger partial charge in [0.2, 0.25) is 5.91 Å². The second-order valence-electron chi connectivity index (χ2n) is 5.29. The fraction of sp³-hybridized carbons (Fsp3) is 0.235. The predicted octanol–water partition coefficient (Wildman–Crippen LogP) is 3.74. The number of carbonyl (C=O) groups is 1. The third kappa shape index (κ3) is 3.56. The molecule has 1 aliphatic rings. The first-order valence-electron chi connectivity index (χ1n) is 7.17. The lowest BCUT2D eigenvalue weighted by atomic mass is 10.1. The molecule has 23 heavy (non-hydrogen) atoms. The van der Waals surface area contributed by atoms with Crippen molar-refractivity contribution in [3.63, 3.8) is 0 Å². The molecule has 1 N–H and O–H groups in total. The summed E-state index contributed by atoms with van der Waals surface area (Å²) in [6.07, 6.45) is 0.103. The number of ether oxygens (including phenoxy) is 2. The number of rotatable bonds is 3. The van der Waals surface area contributed by atoms with Gasteiger partial charge in [0.1, 0.15) is 19.0 Å². The molecular weight excluding hydrogens is 321 g/mol. The van der Waals surface area contributed by atoms with Gasteiger partial charge in [0.15, 0.2) is 11.5 Å². The van der Waals surface area contributed by atoms with Crippen molar-refractivity contribution in [3.05, 3.63) is 52.3 Å². The van der Waals surface area contributed by atoms with Crippen LogP contribution in [-0.4, -0.2) is 19.1 Å². The molecule has 0 bridgehead atoms. The molecule has 6 heteroatoms. The molecule has 0 saturated heterocycles. The standard InChI is InChI=1S/C17H15ClFNO3/c1-10-2-3-12(19)9-14(10)20-16(21)8-11-6-13(18)17-15(7-11)22-4-5-23-17/h2-3,6-7,9H,4-5,8H2,1H3,(H,20,21). The number of amides is 1. The zero-order chi connectivity index (χ0) is 16.4. The van der Waals surface area contributed by atoms with Crippen LogP contribution in [0.1, 0.15) is 11.1 Å². The summed E-state index contributed by atoms with van der Waals surface area (Å²) in [5.74, 6) is 0.385. The highest BCUT2D eigenvalue weighted by Crippen LogP contribution is 2.38. The van der Waals surface area contributed by atoms with E-state index in [1.54, 1.807) is 25.1 Å². The zero-order valence-electron chi connectivity index (χ0n) is 12.5. The van der Waals surface area contributed by atoms with Crippen molar-refractivity contribution in [2.24, 2.45) is 0 Å². The topological polar surface area (TPSA) is 47.6 Å². The Kier molecular flexibility index (Phi) is 4.39. The molecule has 1 heterocycles. The normalized spacial score (nSPS) is 12.8. The van der Waals surface area contributed by atoms with Crippen molar-refractivity contribution < 1.29 is 18.7 Å². The van der Waals surface area contributed by atoms with E-state index in [9.17, 15) is 9.18 Å². The average Bonchev–Trinajstić information content (AvgIpc) is 2.51. The summed E-state index contributed by atoms with van der Waals surface area (Å²) < 4.78 is 24.2. The smallest absolute Gasteiger partial charge is 0.228 e. The Labute approximate surface area is 138 Å². The fourth-order valence-electron chi connectivity index (χ4n) is 2.37. The van der Waals surface area contributed by atoms with Gasteiger partial charge >= 0.3 is 0 Å². The van der Waals surface area contributed by atoms with Crippen LogP contribution in [0.2, 0.25) is 5.02 Å². The summed E-state index contributed by atoms with van der Waals surface area (Å²) >= 11 is 6.15. The maximum absolute atomic E-state index is 13.3. The van der Waals surface area contributed by atoms with Gasteiger partial charge in [-0.15, -0.1) is 0 Å². The molecule has 120 valence electrons. The first kappa shape index (κ1) is 15.6. The molecule has 4 nitrogen and oxygen atoms in total. The van der Waals surface area contributed by atoms with Crippen LogP contribution in [0.15, 0.2) is 30.3 Å². The molecule has 0 unspecified atom stereocenters. The summed E-state index contributed by atoms with van der Waals surface area (Å²) in [6, 6.07) is 7.67. The Balaban J connectivity index is 1.75. The first-order valence-corrected chi connectivity index (χ1v) is 7.55. The molecule has 0 aliphatic carbocycles. The van der Waals surface area contributed by atoms with Crippen LogP contribution in [0, 0.1) is 12.7 Å². The van der Waals surface area contributed by atoms with Gasteiger partial charge in [-0.25, -0.2) is 4.39 Å². The van der Waals surface area contributed by atoms with Gasteiger partial charge in [-0.2, -0.15) is 0 Å². The number of nitrogens with one attached hydrogen (secondary N) is 1. The number of hydrogen-bond acceptors (Lipinski definition) is 3. The molecular formula is C17H15ClFNO3. The molecule has 0 fully saturated rings. The summed E-state index contributed by atoms with van der Waals surface area (Å²) in [6.45, 7) is 2.70. The van der Waals surface area contributed by atoms with Crippen molar-refractivity contribution >= 4 is 23.2 Å². The summed E-state index contributed by atoms with van der Waals surface area (Å²) in [4.78, 5) is 12.2. The highest BCUT2D eigenvalue weighted by Gasteiger charge is 2.18. The minimum atomic E-state index is -0.395. The minimum Gasteiger partial charge on any atom is -0.486 e. The molecule has 0 aromatic heterocycles. The van der Waals surface area contributed by atoms with Crippen LogP contribution in [-0.2, 0) is 11.2 Å². The van der Waals surface area contributed by atoms with Crippen molar-refractivity contribution in [2.75, 3.05) is 18.5 Å². The third-order valence-electron chi connectivity index (χ3n) is 3.50. The van der Waals surface area contributed by atoms with E-state index in [-0.39, 0.29) is 12.3 Å². The van der Waals surface area contributed by atoms with Crippen LogP contribution in [0.5, 0.6) is 11.5 Å². The number of hydrogen-bond donors (Lipinski definition) is 1. The Morgan fingerprint density at radius 2 is 2.04 bits per heavy atom. The van der Waals surface area contributed by atoms with Crippen LogP contribution in [0.4, 0.5) is 10.1 Å². The Hall–Kier alpha value is -2.27. The number of benzene rings is 2. The lowest BCUT2D eigenvalue weighted by Crippen LogP contribution is -2.18. The Morgan fingerprint density at radius 3 is 2.87 bits per heavy atom. The van der Waals surface area contributed by atoms with E-state index in [4.69, 9.17) is 21.1 Å². The van der Waals surface area contributed by atoms with Gasteiger partial charge < -0.3 is 14.8 Å². The predicted molar refractivity (Wildman–Crippen MR) is 85.9 cm³/mol. The Bertz CT molecular complexity index is 764. The number of halogens is 2. The van der Waals surface area contributed by atoms with Crippen LogP contribution in [0.3, 0.4) is 0 Å². The molecule has 3 rings (SSSR count). The number of anilines is 1. The zero-order valence-corrected chi connectivity index (χ0v) is 13.2. The van der Waals surface area contributed by atoms with E-state index in [0.29, 0.717) is 41.0 Å². The quantitative estimate of drug-likeness (QED) is 0.929. The number of aryl methyl sites for hydroxylation is 1. The first-order chi connectivity index (χ1) is 11.0. The second-order valence-corrected chi connectivity index (χ2v) is 5.69. The van der Waals surface area contributed by atoms with Crippen molar-refractivity contribution in [1.29, 1.82) is 0 Å². The van der Waals surface area contributed by atoms with Gasteiger partial charge in [0.05, 0.1) is 11.4 Å². The van der Waals surface area contributed by atoms with Crippen molar-refractivity contribution in [3.8, 4) is 11.5 Å². The van der Waals surface area contributed by atoms with Crippen molar-refractivity contribution in [1.82, 2.24) is 0 Å². The summed E-state index contributed by atoms with van der Waals surface area (Å²) in [5, 5.41) is 3.11. The van der Waals surface area contributed by atoms with E-state index in [0.717, 1.165) is 5.56 Å². The van der Waals surface area contributed by atoms with Gasteiger partial charge in [-0.1, -0.05) is 17.7 Å². The van der Waals surface area contributed by atoms with Crippen molar-refractivity contribution in [2.45, 2.75) is 13.3 Å². The third-order valence-corrected chi connectivity index (χ3v) is 3.78. The lowest BCUT2D eigenvalue weighted by Gasteiger charge is -2.20. The molecule has 0 saturated carbocycles. The monoisotopic (exact) mass is 335 g/mol. The van der Waals surface area contributed by atoms with Gasteiger partial charge in [0, 0.05) is 5.69 Å². The van der Waals surface area contributed by atoms with Gasteiger partial charge in [-0.3, -0.25) is 4.79 Å². The highest BCUT2D eigenvalue weighted by atomic mass is 35.5. The van der Waals surface area contributed by atoms with Crippen LogP contribution < -0.4 is 14.8 Å². The van der Waals surface area contributed by atoms with Crippen LogP contribution >= 0.6 is 11.6 Å². The highest BCUT2D eigenvalue weighted by molar-refractivity contribution is 6.32. The van der Waals surface area contributed by atoms with E-state index in [2.05, 4.69) is 5.32 Å². The van der Waals surface area contributed by atoms with Gasteiger partial charge in [0.25, 0.3) is 0 Å². The maximum Gasteiger partial charge on any atom is 0.228 e. The largest absolute Gasteiger partial charge is 0.486 e.